The van der Waals surface area contributed by atoms with E-state index in [1.54, 1.807) is 42.5 Å². The van der Waals surface area contributed by atoms with Crippen LogP contribution in [0, 0.1) is 5.82 Å². The third-order valence-electron chi connectivity index (χ3n) is 5.95. The van der Waals surface area contributed by atoms with Crippen LogP contribution >= 0.6 is 15.9 Å². The predicted octanol–water partition coefficient (Wildman–Crippen LogP) is 5.27. The summed E-state index contributed by atoms with van der Waals surface area (Å²) in [5.74, 6) is -1.47. The van der Waals surface area contributed by atoms with Crippen molar-refractivity contribution in [2.24, 2.45) is 0 Å². The number of amides is 1. The summed E-state index contributed by atoms with van der Waals surface area (Å²) in [4.78, 5) is 27.5. The normalized spacial score (nSPS) is 17.0. The minimum atomic E-state index is -1.07. The number of Topliss-reactive ketones (excluding diaryl/α,β-unsaturated/α-hetero) is 1. The number of methoxy groups -OCH3 is 2. The van der Waals surface area contributed by atoms with E-state index in [2.05, 4.69) is 15.9 Å². The molecule has 3 aromatic rings. The van der Waals surface area contributed by atoms with Gasteiger partial charge in [-0.15, -0.1) is 0 Å². The lowest BCUT2D eigenvalue weighted by Gasteiger charge is -2.26. The van der Waals surface area contributed by atoms with Gasteiger partial charge in [-0.05, 0) is 42.3 Å². The van der Waals surface area contributed by atoms with Crippen LogP contribution in [-0.4, -0.2) is 42.5 Å². The van der Waals surface area contributed by atoms with Crippen molar-refractivity contribution < 1.29 is 28.6 Å². The zero-order valence-electron chi connectivity index (χ0n) is 19.1. The molecule has 4 rings (SSSR count). The van der Waals surface area contributed by atoms with Crippen molar-refractivity contribution in [2.75, 3.05) is 20.8 Å². The van der Waals surface area contributed by atoms with E-state index in [9.17, 15) is 19.1 Å². The minimum Gasteiger partial charge on any atom is -0.507 e. The molecule has 0 saturated carbocycles. The van der Waals surface area contributed by atoms with E-state index in [-0.39, 0.29) is 23.4 Å². The molecule has 3 aromatic carbocycles. The number of aliphatic hydroxyl groups excluding tert-OH is 1. The van der Waals surface area contributed by atoms with Crippen LogP contribution in [0.1, 0.15) is 22.7 Å². The van der Waals surface area contributed by atoms with Crippen molar-refractivity contribution >= 4 is 33.4 Å². The Labute approximate surface area is 210 Å². The summed E-state index contributed by atoms with van der Waals surface area (Å²) in [5, 5.41) is 11.1. The molecule has 1 N–H and O–H groups in total. The van der Waals surface area contributed by atoms with Gasteiger partial charge in [-0.2, -0.15) is 0 Å². The van der Waals surface area contributed by atoms with Crippen LogP contribution in [0.3, 0.4) is 0 Å². The molecule has 1 unspecified atom stereocenters. The van der Waals surface area contributed by atoms with Crippen molar-refractivity contribution in [3.63, 3.8) is 0 Å². The summed E-state index contributed by atoms with van der Waals surface area (Å²) in [6.07, 6.45) is 0.372. The van der Waals surface area contributed by atoms with Crippen LogP contribution in [0.4, 0.5) is 4.39 Å². The van der Waals surface area contributed by atoms with Crippen molar-refractivity contribution in [3.8, 4) is 11.5 Å². The average Bonchev–Trinajstić information content (AvgIpc) is 3.12. The highest BCUT2D eigenvalue weighted by Gasteiger charge is 2.46. The molecule has 6 nitrogen and oxygen atoms in total. The van der Waals surface area contributed by atoms with Crippen LogP contribution in [0.5, 0.6) is 11.5 Å². The van der Waals surface area contributed by atoms with Crippen molar-refractivity contribution in [2.45, 2.75) is 12.5 Å². The fourth-order valence-corrected chi connectivity index (χ4v) is 4.44. The smallest absolute Gasteiger partial charge is 0.295 e. The number of carbonyl (C=O) groups is 2. The maximum atomic E-state index is 14.9. The number of ketones is 1. The second-order valence-electron chi connectivity index (χ2n) is 7.96. The fourth-order valence-electron chi connectivity index (χ4n) is 4.18. The number of halogens is 2. The van der Waals surface area contributed by atoms with Gasteiger partial charge in [0, 0.05) is 22.1 Å². The number of rotatable bonds is 7. The number of aliphatic hydroxyl groups is 1. The molecule has 1 saturated heterocycles. The van der Waals surface area contributed by atoms with E-state index >= 15 is 0 Å². The molecule has 180 valence electrons. The Morgan fingerprint density at radius 2 is 1.69 bits per heavy atom. The lowest BCUT2D eigenvalue weighted by molar-refractivity contribution is -0.139. The molecule has 0 radical (unpaired) electrons. The highest BCUT2D eigenvalue weighted by atomic mass is 79.9. The first-order valence-electron chi connectivity index (χ1n) is 10.9. The second kappa shape index (κ2) is 10.3. The molecule has 0 bridgehead atoms. The average molecular weight is 540 g/mol. The Morgan fingerprint density at radius 3 is 2.34 bits per heavy atom. The number of carbonyl (C=O) groups excluding carboxylic acids is 2. The van der Waals surface area contributed by atoms with Crippen LogP contribution in [0.15, 0.2) is 76.8 Å². The van der Waals surface area contributed by atoms with Crippen LogP contribution < -0.4 is 9.47 Å². The third kappa shape index (κ3) is 4.79. The van der Waals surface area contributed by atoms with Crippen molar-refractivity contribution in [1.29, 1.82) is 0 Å². The summed E-state index contributed by atoms with van der Waals surface area (Å²) in [7, 11) is 3.07. The van der Waals surface area contributed by atoms with Crippen LogP contribution in [0.2, 0.25) is 0 Å². The molecule has 1 amide bonds. The first kappa shape index (κ1) is 24.5. The van der Waals surface area contributed by atoms with Gasteiger partial charge in [0.25, 0.3) is 11.7 Å². The summed E-state index contributed by atoms with van der Waals surface area (Å²) >= 11 is 3.34. The highest BCUT2D eigenvalue weighted by Crippen LogP contribution is 2.40. The zero-order chi connectivity index (χ0) is 25.1. The van der Waals surface area contributed by atoms with Gasteiger partial charge in [-0.25, -0.2) is 4.39 Å². The molecular formula is C27H23BrFNO5. The molecule has 0 aromatic heterocycles. The third-order valence-corrected chi connectivity index (χ3v) is 6.48. The highest BCUT2D eigenvalue weighted by molar-refractivity contribution is 9.10. The van der Waals surface area contributed by atoms with Crippen LogP contribution in [-0.2, 0) is 16.0 Å². The SMILES string of the molecule is COc1ccc(CCN2C(=O)C(=O)C(=C(O)c3ccc(Br)cc3)C2c2ccccc2F)cc1OC. The maximum Gasteiger partial charge on any atom is 0.295 e. The van der Waals surface area contributed by atoms with E-state index in [0.29, 0.717) is 23.5 Å². The topological polar surface area (TPSA) is 76.1 Å². The second-order valence-corrected chi connectivity index (χ2v) is 8.88. The van der Waals surface area contributed by atoms with E-state index in [1.807, 2.05) is 6.07 Å². The van der Waals surface area contributed by atoms with E-state index in [0.717, 1.165) is 10.0 Å². The molecule has 35 heavy (non-hydrogen) atoms. The molecule has 1 fully saturated rings. The Balaban J connectivity index is 1.75. The summed E-state index contributed by atoms with van der Waals surface area (Å²) in [6, 6.07) is 16.9. The fraction of sp³-hybridized carbons (Fsp3) is 0.185. The van der Waals surface area contributed by atoms with E-state index in [4.69, 9.17) is 9.47 Å². The van der Waals surface area contributed by atoms with Gasteiger partial charge in [-0.1, -0.05) is 52.3 Å². The van der Waals surface area contributed by atoms with Gasteiger partial charge >= 0.3 is 0 Å². The Kier molecular flexibility index (Phi) is 7.21. The molecule has 0 spiro atoms. The summed E-state index contributed by atoms with van der Waals surface area (Å²) in [5.41, 5.74) is 1.18. The number of ether oxygens (including phenoxy) is 2. The lowest BCUT2D eigenvalue weighted by Crippen LogP contribution is -2.32. The van der Waals surface area contributed by atoms with Gasteiger partial charge in [-0.3, -0.25) is 9.59 Å². The van der Waals surface area contributed by atoms with Gasteiger partial charge in [0.15, 0.2) is 11.5 Å². The number of likely N-dealkylation sites (tertiary alicyclic amines) is 1. The van der Waals surface area contributed by atoms with Crippen molar-refractivity contribution in [3.05, 3.63) is 99.3 Å². The Morgan fingerprint density at radius 1 is 1.00 bits per heavy atom. The van der Waals surface area contributed by atoms with Crippen LogP contribution in [0.25, 0.3) is 5.76 Å². The number of benzene rings is 3. The standard InChI is InChI=1S/C27H23BrFNO5/c1-34-21-12-7-16(15-22(21)35-2)13-14-30-24(19-5-3-4-6-20(19)29)23(26(32)27(30)33)25(31)17-8-10-18(28)11-9-17/h3-12,15,24,31H,13-14H2,1-2H3. The largest absolute Gasteiger partial charge is 0.507 e. The van der Waals surface area contributed by atoms with Gasteiger partial charge < -0.3 is 19.5 Å². The molecule has 0 aliphatic carbocycles. The Hall–Kier alpha value is -3.65. The van der Waals surface area contributed by atoms with Crippen molar-refractivity contribution in [1.82, 2.24) is 4.90 Å². The van der Waals surface area contributed by atoms with Gasteiger partial charge in [0.2, 0.25) is 0 Å². The molecule has 1 aliphatic rings. The molecule has 8 heteroatoms. The maximum absolute atomic E-state index is 14.9. The first-order chi connectivity index (χ1) is 16.8. The number of hydrogen-bond acceptors (Lipinski definition) is 5. The monoisotopic (exact) mass is 539 g/mol. The summed E-state index contributed by atoms with van der Waals surface area (Å²) < 4.78 is 26.3. The number of nitrogens with zero attached hydrogens (tertiary/aromatic N) is 1. The lowest BCUT2D eigenvalue weighted by atomic mass is 9.95. The number of hydrogen-bond donors (Lipinski definition) is 1. The van der Waals surface area contributed by atoms with Gasteiger partial charge in [0.1, 0.15) is 11.6 Å². The minimum absolute atomic E-state index is 0.121. The molecule has 1 atom stereocenters. The Bertz CT molecular complexity index is 1310. The summed E-state index contributed by atoms with van der Waals surface area (Å²) in [6.45, 7) is 0.121. The molecular weight excluding hydrogens is 517 g/mol. The zero-order valence-corrected chi connectivity index (χ0v) is 20.7. The molecule has 1 aliphatic heterocycles. The van der Waals surface area contributed by atoms with E-state index < -0.39 is 23.5 Å². The quantitative estimate of drug-likeness (QED) is 0.251. The predicted molar refractivity (Wildman–Crippen MR) is 133 cm³/mol. The van der Waals surface area contributed by atoms with E-state index in [1.165, 1.54) is 37.3 Å². The molecule has 1 heterocycles. The van der Waals surface area contributed by atoms with Gasteiger partial charge in [0.05, 0.1) is 25.8 Å². The first-order valence-corrected chi connectivity index (χ1v) is 11.6.